The minimum absolute atomic E-state index is 0.00298. The highest BCUT2D eigenvalue weighted by atomic mass is 16.4. The molecule has 1 unspecified atom stereocenters. The van der Waals surface area contributed by atoms with E-state index in [0.29, 0.717) is 18.5 Å². The van der Waals surface area contributed by atoms with E-state index in [1.807, 2.05) is 49.4 Å². The first-order valence-corrected chi connectivity index (χ1v) is 8.78. The predicted octanol–water partition coefficient (Wildman–Crippen LogP) is 3.47. The zero-order valence-corrected chi connectivity index (χ0v) is 15.0. The van der Waals surface area contributed by atoms with Crippen molar-refractivity contribution in [3.05, 3.63) is 59.8 Å². The first-order valence-electron chi connectivity index (χ1n) is 8.78. The highest BCUT2D eigenvalue weighted by Crippen LogP contribution is 2.21. The molecule has 0 spiro atoms. The zero-order chi connectivity index (χ0) is 19.2. The maximum atomic E-state index is 12.4. The van der Waals surface area contributed by atoms with Gasteiger partial charge in [-0.05, 0) is 43.0 Å². The first kappa shape index (κ1) is 18.4. The second kappa shape index (κ2) is 8.35. The number of nitrogens with one attached hydrogen (secondary N) is 3. The number of aromatic amines is 1. The van der Waals surface area contributed by atoms with Gasteiger partial charge >= 0.3 is 12.0 Å². The van der Waals surface area contributed by atoms with E-state index in [2.05, 4.69) is 20.8 Å². The van der Waals surface area contributed by atoms with Crippen LogP contribution in [0.5, 0.6) is 0 Å². The van der Waals surface area contributed by atoms with Gasteiger partial charge in [-0.25, -0.2) is 4.79 Å². The number of rotatable bonds is 7. The molecule has 7 nitrogen and oxygen atoms in total. The summed E-state index contributed by atoms with van der Waals surface area (Å²) in [7, 11) is 0. The Kier molecular flexibility index (Phi) is 5.71. The summed E-state index contributed by atoms with van der Waals surface area (Å²) >= 11 is 0. The summed E-state index contributed by atoms with van der Waals surface area (Å²) in [5, 5.41) is 22.6. The summed E-state index contributed by atoms with van der Waals surface area (Å²) in [5.41, 5.74) is 3.54. The van der Waals surface area contributed by atoms with Gasteiger partial charge in [0.05, 0.1) is 11.7 Å². The van der Waals surface area contributed by atoms with E-state index in [1.165, 1.54) is 0 Å². The van der Waals surface area contributed by atoms with Gasteiger partial charge in [-0.2, -0.15) is 5.10 Å². The van der Waals surface area contributed by atoms with Crippen molar-refractivity contribution in [1.29, 1.82) is 0 Å². The third-order valence-corrected chi connectivity index (χ3v) is 4.39. The van der Waals surface area contributed by atoms with Crippen LogP contribution in [0, 0.1) is 6.92 Å². The average molecular weight is 366 g/mol. The molecule has 140 valence electrons. The zero-order valence-electron chi connectivity index (χ0n) is 15.0. The van der Waals surface area contributed by atoms with Crippen molar-refractivity contribution in [2.24, 2.45) is 0 Å². The van der Waals surface area contributed by atoms with Gasteiger partial charge in [0.1, 0.15) is 0 Å². The molecule has 1 aromatic heterocycles. The van der Waals surface area contributed by atoms with Crippen LogP contribution in [0.25, 0.3) is 10.9 Å². The second-order valence-corrected chi connectivity index (χ2v) is 6.54. The molecular formula is C20H22N4O3. The van der Waals surface area contributed by atoms with Gasteiger partial charge < -0.3 is 15.7 Å². The van der Waals surface area contributed by atoms with Crippen LogP contribution < -0.4 is 10.6 Å². The number of carboxylic acid groups (broad SMARTS) is 1. The number of amides is 2. The monoisotopic (exact) mass is 366 g/mol. The molecule has 3 aromatic rings. The van der Waals surface area contributed by atoms with Crippen LogP contribution in [0.15, 0.2) is 48.7 Å². The molecule has 0 bridgehead atoms. The Labute approximate surface area is 156 Å². The number of nitrogens with zero attached hydrogens (tertiary/aromatic N) is 1. The fourth-order valence-electron chi connectivity index (χ4n) is 3.07. The van der Waals surface area contributed by atoms with E-state index in [4.69, 9.17) is 5.11 Å². The van der Waals surface area contributed by atoms with E-state index >= 15 is 0 Å². The summed E-state index contributed by atoms with van der Waals surface area (Å²) in [6.45, 7) is 1.95. The molecule has 0 aliphatic heterocycles. The average Bonchev–Trinajstić information content (AvgIpc) is 3.09. The topological polar surface area (TPSA) is 107 Å². The van der Waals surface area contributed by atoms with Crippen LogP contribution in [0.3, 0.4) is 0 Å². The van der Waals surface area contributed by atoms with Crippen molar-refractivity contribution in [1.82, 2.24) is 15.5 Å². The van der Waals surface area contributed by atoms with E-state index in [9.17, 15) is 9.59 Å². The number of carbonyl (C=O) groups excluding carboxylic acids is 1. The molecule has 0 radical (unpaired) electrons. The highest BCUT2D eigenvalue weighted by molar-refractivity contribution is 5.93. The van der Waals surface area contributed by atoms with E-state index < -0.39 is 5.97 Å². The maximum Gasteiger partial charge on any atom is 0.319 e. The number of aryl methyl sites for hydroxylation is 1. The lowest BCUT2D eigenvalue weighted by Crippen LogP contribution is -2.39. The molecule has 3 rings (SSSR count). The van der Waals surface area contributed by atoms with Crippen molar-refractivity contribution >= 4 is 28.6 Å². The summed E-state index contributed by atoms with van der Waals surface area (Å²) in [4.78, 5) is 23.4. The molecule has 27 heavy (non-hydrogen) atoms. The van der Waals surface area contributed by atoms with E-state index in [0.717, 1.165) is 22.0 Å². The lowest BCUT2D eigenvalue weighted by molar-refractivity contribution is -0.137. The number of hydrogen-bond acceptors (Lipinski definition) is 3. The van der Waals surface area contributed by atoms with Gasteiger partial charge in [0, 0.05) is 23.5 Å². The van der Waals surface area contributed by atoms with Crippen molar-refractivity contribution < 1.29 is 14.7 Å². The number of aromatic nitrogens is 2. The standard InChI is InChI=1S/C20H22N4O3/c1-13-9-16(11-18-17(13)12-21-24-18)23-20(27)22-15(7-8-19(25)26)10-14-5-3-2-4-6-14/h2-6,9,11-12,15H,7-8,10H2,1H3,(H,21,24)(H,25,26)(H2,22,23,27). The third-order valence-electron chi connectivity index (χ3n) is 4.39. The predicted molar refractivity (Wildman–Crippen MR) is 104 cm³/mol. The van der Waals surface area contributed by atoms with Crippen LogP contribution in [-0.4, -0.2) is 33.3 Å². The molecule has 1 heterocycles. The SMILES string of the molecule is Cc1cc(NC(=O)NC(CCC(=O)O)Cc2ccccc2)cc2[nH]ncc12. The van der Waals surface area contributed by atoms with Crippen LogP contribution in [0.2, 0.25) is 0 Å². The summed E-state index contributed by atoms with van der Waals surface area (Å²) in [6, 6.07) is 12.7. The minimum atomic E-state index is -0.879. The van der Waals surface area contributed by atoms with E-state index in [-0.39, 0.29) is 18.5 Å². The molecular weight excluding hydrogens is 344 g/mol. The number of fused-ring (bicyclic) bond motifs is 1. The van der Waals surface area contributed by atoms with Gasteiger partial charge in [0.15, 0.2) is 0 Å². The van der Waals surface area contributed by atoms with Crippen LogP contribution in [-0.2, 0) is 11.2 Å². The molecule has 2 amide bonds. The Morgan fingerprint density at radius 2 is 2.00 bits per heavy atom. The third kappa shape index (κ3) is 5.07. The lowest BCUT2D eigenvalue weighted by atomic mass is 10.0. The number of benzene rings is 2. The molecule has 4 N–H and O–H groups in total. The molecule has 0 fully saturated rings. The van der Waals surface area contributed by atoms with Gasteiger partial charge in [0.2, 0.25) is 0 Å². The first-order chi connectivity index (χ1) is 13.0. The Balaban J connectivity index is 1.67. The largest absolute Gasteiger partial charge is 0.481 e. The summed E-state index contributed by atoms with van der Waals surface area (Å²) < 4.78 is 0. The Morgan fingerprint density at radius 1 is 1.22 bits per heavy atom. The summed E-state index contributed by atoms with van der Waals surface area (Å²) in [6.07, 6.45) is 2.67. The molecule has 2 aromatic carbocycles. The quantitative estimate of drug-likeness (QED) is 0.513. The maximum absolute atomic E-state index is 12.4. The molecule has 0 saturated carbocycles. The number of aliphatic carboxylic acids is 1. The smallest absolute Gasteiger partial charge is 0.319 e. The summed E-state index contributed by atoms with van der Waals surface area (Å²) in [5.74, 6) is -0.879. The molecule has 0 aliphatic rings. The normalized spacial score (nSPS) is 11.9. The number of urea groups is 1. The highest BCUT2D eigenvalue weighted by Gasteiger charge is 2.15. The molecule has 7 heteroatoms. The molecule has 0 aliphatic carbocycles. The molecule has 1 atom stereocenters. The van der Waals surface area contributed by atoms with Crippen LogP contribution in [0.4, 0.5) is 10.5 Å². The van der Waals surface area contributed by atoms with Crippen molar-refractivity contribution in [2.45, 2.75) is 32.2 Å². The van der Waals surface area contributed by atoms with Crippen LogP contribution in [0.1, 0.15) is 24.0 Å². The van der Waals surface area contributed by atoms with Crippen molar-refractivity contribution in [3.63, 3.8) is 0 Å². The van der Waals surface area contributed by atoms with Gasteiger partial charge in [0.25, 0.3) is 0 Å². The number of H-pyrrole nitrogens is 1. The fraction of sp³-hybridized carbons (Fsp3) is 0.250. The van der Waals surface area contributed by atoms with Crippen LogP contribution >= 0.6 is 0 Å². The van der Waals surface area contributed by atoms with Gasteiger partial charge in [-0.15, -0.1) is 0 Å². The van der Waals surface area contributed by atoms with Crippen molar-refractivity contribution in [2.75, 3.05) is 5.32 Å². The number of anilines is 1. The van der Waals surface area contributed by atoms with Gasteiger partial charge in [-0.1, -0.05) is 30.3 Å². The lowest BCUT2D eigenvalue weighted by Gasteiger charge is -2.19. The van der Waals surface area contributed by atoms with Gasteiger partial charge in [-0.3, -0.25) is 9.89 Å². The Hall–Kier alpha value is -3.35. The Bertz CT molecular complexity index is 937. The number of carboxylic acids is 1. The number of carbonyl (C=O) groups is 2. The Morgan fingerprint density at radius 3 is 2.74 bits per heavy atom. The van der Waals surface area contributed by atoms with E-state index in [1.54, 1.807) is 6.20 Å². The number of hydrogen-bond donors (Lipinski definition) is 4. The minimum Gasteiger partial charge on any atom is -0.481 e. The molecule has 0 saturated heterocycles. The second-order valence-electron chi connectivity index (χ2n) is 6.54. The fourth-order valence-corrected chi connectivity index (χ4v) is 3.07. The van der Waals surface area contributed by atoms with Crippen molar-refractivity contribution in [3.8, 4) is 0 Å².